The standard InChI is InChI=1S/C5H9ClO5.C5H9ClO4/c6-5(11)4(10)3(9)2(8)1-7;6-1-3(8)5(10)4(9)2-7/h1-5,8-11H;2-5,8-10H,1H2/t2-,3-,4-,5?;3-,4+,5-/m01/s1. The molecule has 126 valence electrons. The minimum atomic E-state index is -1.76. The fourth-order valence-electron chi connectivity index (χ4n) is 0.845. The lowest BCUT2D eigenvalue weighted by Crippen LogP contribution is -2.43. The van der Waals surface area contributed by atoms with E-state index >= 15 is 0 Å². The van der Waals surface area contributed by atoms with Crippen LogP contribution in [0.5, 0.6) is 0 Å². The maximum Gasteiger partial charge on any atom is 0.156 e. The van der Waals surface area contributed by atoms with Crippen LogP contribution in [0, 0.1) is 0 Å². The Morgan fingerprint density at radius 1 is 0.762 bits per heavy atom. The molecule has 0 heterocycles. The van der Waals surface area contributed by atoms with Crippen LogP contribution in [0.15, 0.2) is 0 Å². The highest BCUT2D eigenvalue weighted by atomic mass is 35.5. The number of hydrogen-bond acceptors (Lipinski definition) is 9. The van der Waals surface area contributed by atoms with Crippen LogP contribution in [0.25, 0.3) is 0 Å². The van der Waals surface area contributed by atoms with Gasteiger partial charge in [-0.25, -0.2) is 0 Å². The zero-order valence-corrected chi connectivity index (χ0v) is 12.1. The number of carbonyl (C=O) groups excluding carboxylic acids is 2. The van der Waals surface area contributed by atoms with Crippen molar-refractivity contribution < 1.29 is 45.3 Å². The zero-order chi connectivity index (χ0) is 17.2. The van der Waals surface area contributed by atoms with E-state index in [0.29, 0.717) is 0 Å². The SMILES string of the molecule is O=C[C@H](O)[C@H](O)[C@H](O)C(O)Cl.O=C[C@H](O)[C@H](O)[C@H](O)CCl. The Morgan fingerprint density at radius 2 is 1.14 bits per heavy atom. The summed E-state index contributed by atoms with van der Waals surface area (Å²) in [5.41, 5.74) is -1.71. The first kappa shape index (κ1) is 22.9. The predicted molar refractivity (Wildman–Crippen MR) is 70.7 cm³/mol. The Bertz CT molecular complexity index is 292. The van der Waals surface area contributed by atoms with E-state index in [1.807, 2.05) is 0 Å². The van der Waals surface area contributed by atoms with Gasteiger partial charge in [-0.1, -0.05) is 11.6 Å². The zero-order valence-electron chi connectivity index (χ0n) is 10.6. The van der Waals surface area contributed by atoms with Crippen molar-refractivity contribution in [1.29, 1.82) is 0 Å². The second-order valence-corrected chi connectivity index (χ2v) is 4.58. The molecule has 0 rings (SSSR count). The third-order valence-corrected chi connectivity index (χ3v) is 2.74. The minimum Gasteiger partial charge on any atom is -0.389 e. The molecule has 0 spiro atoms. The normalized spacial score (nSPS) is 20.8. The van der Waals surface area contributed by atoms with Crippen molar-refractivity contribution in [2.75, 3.05) is 5.88 Å². The van der Waals surface area contributed by atoms with E-state index < -0.39 is 42.2 Å². The van der Waals surface area contributed by atoms with E-state index in [1.54, 1.807) is 0 Å². The van der Waals surface area contributed by atoms with E-state index in [4.69, 9.17) is 58.9 Å². The smallest absolute Gasteiger partial charge is 0.156 e. The molecule has 0 aromatic rings. The van der Waals surface area contributed by atoms with Crippen molar-refractivity contribution in [2.45, 2.75) is 42.2 Å². The number of aldehydes is 2. The van der Waals surface area contributed by atoms with Crippen molar-refractivity contribution in [2.24, 2.45) is 0 Å². The van der Waals surface area contributed by atoms with Crippen LogP contribution in [0.4, 0.5) is 0 Å². The van der Waals surface area contributed by atoms with Crippen LogP contribution in [0.2, 0.25) is 0 Å². The van der Waals surface area contributed by atoms with Gasteiger partial charge in [0, 0.05) is 0 Å². The lowest BCUT2D eigenvalue weighted by molar-refractivity contribution is -0.129. The molecule has 11 heteroatoms. The molecule has 9 nitrogen and oxygen atoms in total. The summed E-state index contributed by atoms with van der Waals surface area (Å²) in [7, 11) is 0. The van der Waals surface area contributed by atoms with E-state index in [2.05, 4.69) is 0 Å². The highest BCUT2D eigenvalue weighted by molar-refractivity contribution is 6.19. The Kier molecular flexibility index (Phi) is 13.3. The van der Waals surface area contributed by atoms with Crippen LogP contribution < -0.4 is 0 Å². The van der Waals surface area contributed by atoms with Gasteiger partial charge in [0.15, 0.2) is 18.1 Å². The van der Waals surface area contributed by atoms with Crippen molar-refractivity contribution >= 4 is 35.8 Å². The van der Waals surface area contributed by atoms with Gasteiger partial charge in [-0.15, -0.1) is 11.6 Å². The number of carbonyl (C=O) groups is 2. The Morgan fingerprint density at radius 3 is 1.43 bits per heavy atom. The average molecular weight is 353 g/mol. The molecule has 7 atom stereocenters. The molecular formula is C10H18Cl2O9. The molecule has 21 heavy (non-hydrogen) atoms. The van der Waals surface area contributed by atoms with Gasteiger partial charge >= 0.3 is 0 Å². The molecule has 0 bridgehead atoms. The molecule has 7 N–H and O–H groups in total. The monoisotopic (exact) mass is 352 g/mol. The molecule has 0 aromatic carbocycles. The van der Waals surface area contributed by atoms with Crippen LogP contribution in [0.3, 0.4) is 0 Å². The molecule has 0 fully saturated rings. The van der Waals surface area contributed by atoms with Crippen LogP contribution in [-0.4, -0.2) is 96.4 Å². The van der Waals surface area contributed by atoms with Crippen molar-refractivity contribution in [3.63, 3.8) is 0 Å². The Labute approximate surface area is 130 Å². The molecule has 0 saturated heterocycles. The number of halogens is 2. The Hall–Kier alpha value is -0.360. The summed E-state index contributed by atoms with van der Waals surface area (Å²) in [5, 5.41) is 60.7. The van der Waals surface area contributed by atoms with E-state index in [-0.39, 0.29) is 18.5 Å². The van der Waals surface area contributed by atoms with E-state index in [1.165, 1.54) is 0 Å². The number of aliphatic hydroxyl groups excluding tert-OH is 7. The van der Waals surface area contributed by atoms with Gasteiger partial charge in [0.2, 0.25) is 0 Å². The summed E-state index contributed by atoms with van der Waals surface area (Å²) in [6, 6.07) is 0. The summed E-state index contributed by atoms with van der Waals surface area (Å²) in [6.45, 7) is 0. The van der Waals surface area contributed by atoms with Gasteiger partial charge in [0.1, 0.15) is 30.5 Å². The molecule has 0 aliphatic rings. The quantitative estimate of drug-likeness (QED) is 0.171. The second kappa shape index (κ2) is 12.2. The molecule has 0 aliphatic heterocycles. The van der Waals surface area contributed by atoms with Gasteiger partial charge < -0.3 is 45.3 Å². The fraction of sp³-hybridized carbons (Fsp3) is 0.800. The fourth-order valence-corrected chi connectivity index (χ4v) is 1.18. The first-order valence-corrected chi connectivity index (χ1v) is 6.48. The van der Waals surface area contributed by atoms with E-state index in [9.17, 15) is 9.59 Å². The maximum absolute atomic E-state index is 9.83. The van der Waals surface area contributed by atoms with Crippen molar-refractivity contribution in [1.82, 2.24) is 0 Å². The molecule has 1 unspecified atom stereocenters. The highest BCUT2D eigenvalue weighted by Gasteiger charge is 2.28. The summed E-state index contributed by atoms with van der Waals surface area (Å²) < 4.78 is 0. The summed E-state index contributed by atoms with van der Waals surface area (Å²) in [4.78, 5) is 19.6. The summed E-state index contributed by atoms with van der Waals surface area (Å²) in [5.74, 6) is -0.216. The topological polar surface area (TPSA) is 176 Å². The lowest BCUT2D eigenvalue weighted by Gasteiger charge is -2.19. The molecule has 0 aromatic heterocycles. The predicted octanol–water partition coefficient (Wildman–Crippen LogP) is -3.67. The average Bonchev–Trinajstić information content (AvgIpc) is 2.50. The lowest BCUT2D eigenvalue weighted by atomic mass is 10.1. The van der Waals surface area contributed by atoms with Gasteiger partial charge in [-0.3, -0.25) is 0 Å². The molecule has 0 saturated carbocycles. The Balaban J connectivity index is 0. The first-order chi connectivity index (χ1) is 9.63. The first-order valence-electron chi connectivity index (χ1n) is 5.51. The van der Waals surface area contributed by atoms with Gasteiger partial charge in [-0.2, -0.15) is 0 Å². The van der Waals surface area contributed by atoms with Crippen LogP contribution >= 0.6 is 23.2 Å². The summed E-state index contributed by atoms with van der Waals surface area (Å²) in [6.07, 6.45) is -9.38. The van der Waals surface area contributed by atoms with E-state index in [0.717, 1.165) is 0 Å². The van der Waals surface area contributed by atoms with Crippen LogP contribution in [-0.2, 0) is 9.59 Å². The molecule has 0 aliphatic carbocycles. The van der Waals surface area contributed by atoms with Crippen molar-refractivity contribution in [3.8, 4) is 0 Å². The van der Waals surface area contributed by atoms with Gasteiger partial charge in [0.25, 0.3) is 0 Å². The second-order valence-electron chi connectivity index (χ2n) is 3.82. The maximum atomic E-state index is 9.83. The number of aliphatic hydroxyl groups is 7. The highest BCUT2D eigenvalue weighted by Crippen LogP contribution is 2.06. The number of hydrogen-bond donors (Lipinski definition) is 7. The minimum absolute atomic E-state index is 0.0349. The van der Waals surface area contributed by atoms with Gasteiger partial charge in [-0.05, 0) is 0 Å². The molecular weight excluding hydrogens is 335 g/mol. The number of rotatable bonds is 8. The third kappa shape index (κ3) is 9.30. The van der Waals surface area contributed by atoms with Crippen LogP contribution in [0.1, 0.15) is 0 Å². The van der Waals surface area contributed by atoms with Gasteiger partial charge in [0.05, 0.1) is 12.0 Å². The molecule has 0 amide bonds. The third-order valence-electron chi connectivity index (χ3n) is 2.16. The molecule has 0 radical (unpaired) electrons. The van der Waals surface area contributed by atoms with Crippen molar-refractivity contribution in [3.05, 3.63) is 0 Å². The largest absolute Gasteiger partial charge is 0.389 e. The summed E-state index contributed by atoms with van der Waals surface area (Å²) >= 11 is 10.1. The number of alkyl halides is 2.